The Hall–Kier alpha value is -0.530. The number of ether oxygens (including phenoxy) is 1. The van der Waals surface area contributed by atoms with Gasteiger partial charge in [0.2, 0.25) is 0 Å². The summed E-state index contributed by atoms with van der Waals surface area (Å²) >= 11 is 0. The molecular formula is C9H16O2. The lowest BCUT2D eigenvalue weighted by molar-refractivity contribution is -0.141. The van der Waals surface area contributed by atoms with Crippen molar-refractivity contribution in [3.63, 3.8) is 0 Å². The van der Waals surface area contributed by atoms with Crippen molar-refractivity contribution in [3.05, 3.63) is 0 Å². The van der Waals surface area contributed by atoms with Gasteiger partial charge >= 0.3 is 5.97 Å². The average Bonchev–Trinajstić information content (AvgIpc) is 2.31. The Balaban J connectivity index is 2.13. The molecule has 0 amide bonds. The number of carbonyl (C=O) groups excluding carboxylic acids is 1. The molecule has 64 valence electrons. The van der Waals surface area contributed by atoms with E-state index in [1.54, 1.807) is 0 Å². The highest BCUT2D eigenvalue weighted by Crippen LogP contribution is 2.20. The lowest BCUT2D eigenvalue weighted by Gasteiger charge is -2.09. The fourth-order valence-corrected chi connectivity index (χ4v) is 1.31. The first-order chi connectivity index (χ1) is 5.18. The van der Waals surface area contributed by atoms with Crippen LogP contribution in [0.2, 0.25) is 0 Å². The Labute approximate surface area is 67.9 Å². The fourth-order valence-electron chi connectivity index (χ4n) is 1.31. The number of rotatable bonds is 3. The van der Waals surface area contributed by atoms with E-state index in [0.717, 1.165) is 19.3 Å². The van der Waals surface area contributed by atoms with E-state index in [2.05, 4.69) is 13.8 Å². The third kappa shape index (κ3) is 2.91. The zero-order valence-corrected chi connectivity index (χ0v) is 7.30. The van der Waals surface area contributed by atoms with E-state index in [9.17, 15) is 4.79 Å². The molecule has 1 atom stereocenters. The highest BCUT2D eigenvalue weighted by Gasteiger charge is 2.22. The van der Waals surface area contributed by atoms with E-state index in [1.165, 1.54) is 0 Å². The van der Waals surface area contributed by atoms with E-state index < -0.39 is 0 Å². The van der Waals surface area contributed by atoms with Gasteiger partial charge in [0.15, 0.2) is 0 Å². The second-order valence-electron chi connectivity index (χ2n) is 3.62. The first-order valence-corrected chi connectivity index (χ1v) is 4.38. The minimum atomic E-state index is -0.0150. The lowest BCUT2D eigenvalue weighted by atomic mass is 10.0. The van der Waals surface area contributed by atoms with Crippen LogP contribution in [0.5, 0.6) is 0 Å². The zero-order chi connectivity index (χ0) is 8.27. The quantitative estimate of drug-likeness (QED) is 0.585. The van der Waals surface area contributed by atoms with Crippen LogP contribution in [0.25, 0.3) is 0 Å². The van der Waals surface area contributed by atoms with Crippen molar-refractivity contribution in [1.82, 2.24) is 0 Å². The van der Waals surface area contributed by atoms with Crippen molar-refractivity contribution in [2.45, 2.75) is 45.6 Å². The summed E-state index contributed by atoms with van der Waals surface area (Å²) in [4.78, 5) is 10.7. The van der Waals surface area contributed by atoms with Gasteiger partial charge in [-0.15, -0.1) is 0 Å². The summed E-state index contributed by atoms with van der Waals surface area (Å²) in [7, 11) is 0. The number of hydrogen-bond acceptors (Lipinski definition) is 2. The topological polar surface area (TPSA) is 26.3 Å². The third-order valence-electron chi connectivity index (χ3n) is 2.03. The summed E-state index contributed by atoms with van der Waals surface area (Å²) < 4.78 is 5.07. The Morgan fingerprint density at radius 1 is 1.64 bits per heavy atom. The first-order valence-electron chi connectivity index (χ1n) is 4.38. The summed E-state index contributed by atoms with van der Waals surface area (Å²) in [6, 6.07) is 0. The number of carbonyl (C=O) groups is 1. The molecule has 11 heavy (non-hydrogen) atoms. The molecule has 1 rings (SSSR count). The maximum Gasteiger partial charge on any atom is 0.306 e. The fraction of sp³-hybridized carbons (Fsp3) is 0.889. The highest BCUT2D eigenvalue weighted by atomic mass is 16.5. The van der Waals surface area contributed by atoms with Crippen LogP contribution in [-0.2, 0) is 9.53 Å². The van der Waals surface area contributed by atoms with Crippen molar-refractivity contribution in [2.24, 2.45) is 5.92 Å². The van der Waals surface area contributed by atoms with Crippen LogP contribution >= 0.6 is 0 Å². The van der Waals surface area contributed by atoms with E-state index in [0.29, 0.717) is 12.3 Å². The SMILES string of the molecule is CC(C)CC[C@H]1CCC(=O)O1. The molecule has 0 radical (unpaired) electrons. The number of esters is 1. The van der Waals surface area contributed by atoms with E-state index in [-0.39, 0.29) is 12.1 Å². The molecule has 2 nitrogen and oxygen atoms in total. The molecule has 0 N–H and O–H groups in total. The Bertz CT molecular complexity index is 140. The highest BCUT2D eigenvalue weighted by molar-refractivity contribution is 5.71. The van der Waals surface area contributed by atoms with Crippen molar-refractivity contribution < 1.29 is 9.53 Å². The minimum Gasteiger partial charge on any atom is -0.462 e. The van der Waals surface area contributed by atoms with Crippen LogP contribution < -0.4 is 0 Å². The summed E-state index contributed by atoms with van der Waals surface area (Å²) in [5.41, 5.74) is 0. The van der Waals surface area contributed by atoms with Gasteiger partial charge in [-0.3, -0.25) is 4.79 Å². The largest absolute Gasteiger partial charge is 0.462 e. The molecule has 1 saturated heterocycles. The summed E-state index contributed by atoms with van der Waals surface area (Å²) in [5, 5.41) is 0. The van der Waals surface area contributed by atoms with Gasteiger partial charge in [-0.1, -0.05) is 13.8 Å². The van der Waals surface area contributed by atoms with Crippen LogP contribution in [0.4, 0.5) is 0 Å². The zero-order valence-electron chi connectivity index (χ0n) is 7.30. The molecule has 0 unspecified atom stereocenters. The van der Waals surface area contributed by atoms with Gasteiger partial charge in [-0.25, -0.2) is 0 Å². The molecule has 0 bridgehead atoms. The third-order valence-corrected chi connectivity index (χ3v) is 2.03. The van der Waals surface area contributed by atoms with Crippen molar-refractivity contribution in [3.8, 4) is 0 Å². The number of hydrogen-bond donors (Lipinski definition) is 0. The molecule has 0 aliphatic carbocycles. The van der Waals surface area contributed by atoms with Crippen molar-refractivity contribution in [2.75, 3.05) is 0 Å². The van der Waals surface area contributed by atoms with Crippen LogP contribution in [0.15, 0.2) is 0 Å². The van der Waals surface area contributed by atoms with Crippen LogP contribution in [0.3, 0.4) is 0 Å². The average molecular weight is 156 g/mol. The van der Waals surface area contributed by atoms with E-state index in [1.807, 2.05) is 0 Å². The van der Waals surface area contributed by atoms with Crippen LogP contribution in [-0.4, -0.2) is 12.1 Å². The van der Waals surface area contributed by atoms with Gasteiger partial charge in [0, 0.05) is 6.42 Å². The van der Waals surface area contributed by atoms with Crippen LogP contribution in [0, 0.1) is 5.92 Å². The summed E-state index contributed by atoms with van der Waals surface area (Å²) in [6.45, 7) is 4.38. The first kappa shape index (κ1) is 8.57. The molecule has 1 aliphatic rings. The van der Waals surface area contributed by atoms with E-state index in [4.69, 9.17) is 4.74 Å². The monoisotopic (exact) mass is 156 g/mol. The van der Waals surface area contributed by atoms with E-state index >= 15 is 0 Å². The predicted octanol–water partition coefficient (Wildman–Crippen LogP) is 2.13. The maximum absolute atomic E-state index is 10.7. The predicted molar refractivity (Wildman–Crippen MR) is 43.2 cm³/mol. The standard InChI is InChI=1S/C9H16O2/c1-7(2)3-4-8-5-6-9(10)11-8/h7-8H,3-6H2,1-2H3/t8-/m0/s1. The lowest BCUT2D eigenvalue weighted by Crippen LogP contribution is -2.07. The second kappa shape index (κ2) is 3.74. The molecule has 2 heteroatoms. The Morgan fingerprint density at radius 2 is 2.36 bits per heavy atom. The molecule has 1 fully saturated rings. The van der Waals surface area contributed by atoms with Gasteiger partial charge in [0.1, 0.15) is 6.10 Å². The minimum absolute atomic E-state index is 0.0150. The Kier molecular flexibility index (Phi) is 2.92. The van der Waals surface area contributed by atoms with Gasteiger partial charge in [-0.2, -0.15) is 0 Å². The molecule has 1 heterocycles. The van der Waals surface area contributed by atoms with Gasteiger partial charge in [0.25, 0.3) is 0 Å². The molecular weight excluding hydrogens is 140 g/mol. The van der Waals surface area contributed by atoms with Gasteiger partial charge in [0.05, 0.1) is 0 Å². The number of cyclic esters (lactones) is 1. The summed E-state index contributed by atoms with van der Waals surface area (Å²) in [6.07, 6.45) is 4.00. The summed E-state index contributed by atoms with van der Waals surface area (Å²) in [5.74, 6) is 0.702. The van der Waals surface area contributed by atoms with Gasteiger partial charge in [-0.05, 0) is 25.2 Å². The Morgan fingerprint density at radius 3 is 2.82 bits per heavy atom. The molecule has 0 aromatic carbocycles. The molecule has 0 spiro atoms. The molecule has 0 aromatic rings. The molecule has 1 aliphatic heterocycles. The molecule has 0 aromatic heterocycles. The normalized spacial score (nSPS) is 24.3. The maximum atomic E-state index is 10.7. The van der Waals surface area contributed by atoms with Gasteiger partial charge < -0.3 is 4.74 Å². The van der Waals surface area contributed by atoms with Crippen molar-refractivity contribution >= 4 is 5.97 Å². The van der Waals surface area contributed by atoms with Crippen LogP contribution in [0.1, 0.15) is 39.5 Å². The molecule has 0 saturated carbocycles. The second-order valence-corrected chi connectivity index (χ2v) is 3.62. The smallest absolute Gasteiger partial charge is 0.306 e. The van der Waals surface area contributed by atoms with Crippen molar-refractivity contribution in [1.29, 1.82) is 0 Å².